The number of amides is 1. The number of benzene rings is 3. The van der Waals surface area contributed by atoms with E-state index in [1.54, 1.807) is 23.1 Å². The van der Waals surface area contributed by atoms with Crippen LogP contribution in [0.25, 0.3) is 10.2 Å². The van der Waals surface area contributed by atoms with Crippen LogP contribution in [0.4, 0.5) is 10.8 Å². The molecule has 1 heterocycles. The summed E-state index contributed by atoms with van der Waals surface area (Å²) in [6.07, 6.45) is 0.818. The molecule has 0 atom stereocenters. The van der Waals surface area contributed by atoms with Gasteiger partial charge in [0.05, 0.1) is 41.3 Å². The minimum atomic E-state index is -0.0428. The molecule has 0 aliphatic rings. The zero-order valence-corrected chi connectivity index (χ0v) is 19.3. The molecule has 0 N–H and O–H groups in total. The van der Waals surface area contributed by atoms with Crippen LogP contribution in [0.2, 0.25) is 0 Å². The molecule has 0 unspecified atom stereocenters. The number of carbonyl (C=O) groups is 1. The maximum absolute atomic E-state index is 13.4. The Labute approximate surface area is 196 Å². The molecule has 0 bridgehead atoms. The van der Waals surface area contributed by atoms with Gasteiger partial charge in [-0.15, -0.1) is 0 Å². The molecule has 0 saturated carbocycles. The van der Waals surface area contributed by atoms with Crippen molar-refractivity contribution in [1.82, 2.24) is 4.98 Å². The summed E-state index contributed by atoms with van der Waals surface area (Å²) >= 11 is 1.50. The number of aromatic nitrogens is 1. The van der Waals surface area contributed by atoms with E-state index in [0.717, 1.165) is 21.5 Å². The number of nitrogens with zero attached hydrogens (tertiary/aromatic N) is 3. The van der Waals surface area contributed by atoms with Gasteiger partial charge in [0.1, 0.15) is 0 Å². The van der Waals surface area contributed by atoms with Gasteiger partial charge in [-0.2, -0.15) is 5.26 Å². The van der Waals surface area contributed by atoms with E-state index in [4.69, 9.17) is 19.7 Å². The molecular weight excluding hydrogens is 434 g/mol. The molecule has 3 aromatic carbocycles. The second kappa shape index (κ2) is 10.2. The third kappa shape index (κ3) is 4.97. The van der Waals surface area contributed by atoms with Crippen molar-refractivity contribution in [3.8, 4) is 17.6 Å². The zero-order valence-electron chi connectivity index (χ0n) is 18.4. The summed E-state index contributed by atoms with van der Waals surface area (Å²) in [6.45, 7) is 2.33. The van der Waals surface area contributed by atoms with Gasteiger partial charge in [-0.05, 0) is 49.2 Å². The van der Waals surface area contributed by atoms with E-state index >= 15 is 0 Å². The van der Waals surface area contributed by atoms with Gasteiger partial charge >= 0.3 is 0 Å². The summed E-state index contributed by atoms with van der Waals surface area (Å²) < 4.78 is 12.2. The van der Waals surface area contributed by atoms with Crippen LogP contribution >= 0.6 is 11.3 Å². The molecule has 4 rings (SSSR count). The molecule has 166 valence electrons. The van der Waals surface area contributed by atoms with Crippen LogP contribution in [-0.4, -0.2) is 24.6 Å². The number of methoxy groups -OCH3 is 1. The summed E-state index contributed by atoms with van der Waals surface area (Å²) in [7, 11) is 1.53. The van der Waals surface area contributed by atoms with Crippen LogP contribution in [-0.2, 0) is 4.79 Å². The number of aryl methyl sites for hydroxylation is 1. The molecule has 6 nitrogen and oxygen atoms in total. The lowest BCUT2D eigenvalue weighted by Gasteiger charge is -2.22. The second-order valence-electron chi connectivity index (χ2n) is 7.41. The molecule has 33 heavy (non-hydrogen) atoms. The van der Waals surface area contributed by atoms with E-state index in [0.29, 0.717) is 41.6 Å². The van der Waals surface area contributed by atoms with Crippen molar-refractivity contribution in [2.45, 2.75) is 19.8 Å². The number of rotatable bonds is 8. The highest BCUT2D eigenvalue weighted by atomic mass is 32.1. The highest BCUT2D eigenvalue weighted by Gasteiger charge is 2.23. The minimum absolute atomic E-state index is 0.0428. The zero-order chi connectivity index (χ0) is 23.2. The third-order valence-corrected chi connectivity index (χ3v) is 6.19. The van der Waals surface area contributed by atoms with Crippen LogP contribution in [0.3, 0.4) is 0 Å². The largest absolute Gasteiger partial charge is 0.493 e. The first-order valence-corrected chi connectivity index (χ1v) is 11.4. The minimum Gasteiger partial charge on any atom is -0.493 e. The van der Waals surface area contributed by atoms with Crippen molar-refractivity contribution in [2.24, 2.45) is 0 Å². The fourth-order valence-corrected chi connectivity index (χ4v) is 4.48. The van der Waals surface area contributed by atoms with E-state index in [1.807, 2.05) is 55.5 Å². The highest BCUT2D eigenvalue weighted by molar-refractivity contribution is 7.22. The third-order valence-electron chi connectivity index (χ3n) is 5.16. The van der Waals surface area contributed by atoms with E-state index in [9.17, 15) is 4.79 Å². The Morgan fingerprint density at radius 3 is 2.64 bits per heavy atom. The maximum Gasteiger partial charge on any atom is 0.233 e. The van der Waals surface area contributed by atoms with Crippen LogP contribution in [0.5, 0.6) is 11.5 Å². The van der Waals surface area contributed by atoms with Gasteiger partial charge in [0.15, 0.2) is 16.6 Å². The number of para-hydroxylation sites is 2. The second-order valence-corrected chi connectivity index (χ2v) is 8.42. The van der Waals surface area contributed by atoms with Crippen LogP contribution in [0.1, 0.15) is 24.0 Å². The van der Waals surface area contributed by atoms with Gasteiger partial charge in [0.2, 0.25) is 5.91 Å². The number of hydrogen-bond acceptors (Lipinski definition) is 6. The number of hydrogen-bond donors (Lipinski definition) is 0. The fraction of sp³-hybridized carbons (Fsp3) is 0.192. The monoisotopic (exact) mass is 457 g/mol. The Bertz CT molecular complexity index is 1290. The SMILES string of the molecule is COc1cc(C#N)ccc1OCCCC(=O)N(c1nc2ccccc2s1)c1ccccc1C. The van der Waals surface area contributed by atoms with E-state index < -0.39 is 0 Å². The van der Waals surface area contributed by atoms with Crippen LogP contribution < -0.4 is 14.4 Å². The fourth-order valence-electron chi connectivity index (χ4n) is 3.49. The molecule has 0 radical (unpaired) electrons. The quantitative estimate of drug-likeness (QED) is 0.303. The Balaban J connectivity index is 1.49. The number of anilines is 2. The Morgan fingerprint density at radius 2 is 1.88 bits per heavy atom. The molecule has 7 heteroatoms. The average Bonchev–Trinajstić information content (AvgIpc) is 3.27. The first-order chi connectivity index (χ1) is 16.1. The van der Waals surface area contributed by atoms with Crippen molar-refractivity contribution < 1.29 is 14.3 Å². The predicted molar refractivity (Wildman–Crippen MR) is 130 cm³/mol. The van der Waals surface area contributed by atoms with E-state index in [2.05, 4.69) is 6.07 Å². The molecule has 0 spiro atoms. The number of nitriles is 1. The molecule has 0 aliphatic carbocycles. The maximum atomic E-state index is 13.4. The summed E-state index contributed by atoms with van der Waals surface area (Å²) in [6, 6.07) is 22.8. The number of carbonyl (C=O) groups excluding carboxylic acids is 1. The first-order valence-electron chi connectivity index (χ1n) is 10.6. The van der Waals surface area contributed by atoms with Crippen LogP contribution in [0, 0.1) is 18.3 Å². The van der Waals surface area contributed by atoms with Gasteiger partial charge in [-0.3, -0.25) is 9.69 Å². The number of thiazole rings is 1. The van der Waals surface area contributed by atoms with Gasteiger partial charge in [0, 0.05) is 12.5 Å². The van der Waals surface area contributed by atoms with E-state index in [-0.39, 0.29) is 5.91 Å². The summed E-state index contributed by atoms with van der Waals surface area (Å²) in [5.41, 5.74) is 3.21. The molecule has 1 amide bonds. The van der Waals surface area contributed by atoms with Gasteiger partial charge in [0.25, 0.3) is 0 Å². The van der Waals surface area contributed by atoms with Gasteiger partial charge in [-0.25, -0.2) is 4.98 Å². The summed E-state index contributed by atoms with van der Waals surface area (Å²) in [4.78, 5) is 19.8. The standard InChI is InChI=1S/C26H23N3O3S/c1-18-8-3-5-10-21(18)29(26-28-20-9-4-6-11-24(20)33-26)25(30)12-7-15-32-22-14-13-19(17-27)16-23(22)31-2/h3-6,8-11,13-14,16H,7,12,15H2,1-2H3. The van der Waals surface area contributed by atoms with E-state index in [1.165, 1.54) is 18.4 Å². The molecule has 0 fully saturated rings. The summed E-state index contributed by atoms with van der Waals surface area (Å²) in [5, 5.41) is 9.69. The lowest BCUT2D eigenvalue weighted by atomic mass is 10.1. The Morgan fingerprint density at radius 1 is 1.09 bits per heavy atom. The van der Waals surface area contributed by atoms with Crippen molar-refractivity contribution >= 4 is 38.3 Å². The van der Waals surface area contributed by atoms with Crippen molar-refractivity contribution in [3.05, 3.63) is 77.9 Å². The van der Waals surface area contributed by atoms with Crippen LogP contribution in [0.15, 0.2) is 66.7 Å². The summed E-state index contributed by atoms with van der Waals surface area (Å²) in [5.74, 6) is 1.00. The van der Waals surface area contributed by atoms with Crippen molar-refractivity contribution in [1.29, 1.82) is 5.26 Å². The van der Waals surface area contributed by atoms with Gasteiger partial charge < -0.3 is 9.47 Å². The van der Waals surface area contributed by atoms with Gasteiger partial charge in [-0.1, -0.05) is 41.7 Å². The number of fused-ring (bicyclic) bond motifs is 1. The Hall–Kier alpha value is -3.89. The predicted octanol–water partition coefficient (Wildman–Crippen LogP) is 6.01. The highest BCUT2D eigenvalue weighted by Crippen LogP contribution is 2.35. The average molecular weight is 458 g/mol. The lowest BCUT2D eigenvalue weighted by molar-refractivity contribution is -0.118. The van der Waals surface area contributed by atoms with Crippen molar-refractivity contribution in [3.63, 3.8) is 0 Å². The normalized spacial score (nSPS) is 10.6. The van der Waals surface area contributed by atoms with Crippen molar-refractivity contribution in [2.75, 3.05) is 18.6 Å². The topological polar surface area (TPSA) is 75.5 Å². The number of ether oxygens (including phenoxy) is 2. The molecule has 0 saturated heterocycles. The molecule has 1 aromatic heterocycles. The smallest absolute Gasteiger partial charge is 0.233 e. The molecule has 4 aromatic rings. The molecule has 0 aliphatic heterocycles. The Kier molecular flexibility index (Phi) is 6.86. The first kappa shape index (κ1) is 22.3. The lowest BCUT2D eigenvalue weighted by Crippen LogP contribution is -2.26. The molecular formula is C26H23N3O3S.